The van der Waals surface area contributed by atoms with E-state index in [9.17, 15) is 8.42 Å². The zero-order valence-electron chi connectivity index (χ0n) is 21.7. The lowest BCUT2D eigenvalue weighted by Crippen LogP contribution is -2.27. The number of aromatic nitrogens is 6. The maximum Gasteiger partial charge on any atom is 0.170 e. The van der Waals surface area contributed by atoms with E-state index in [2.05, 4.69) is 25.1 Å². The molecule has 0 aliphatic rings. The van der Waals surface area contributed by atoms with Crippen LogP contribution >= 0.6 is 0 Å². The van der Waals surface area contributed by atoms with Crippen LogP contribution in [-0.4, -0.2) is 57.6 Å². The normalized spacial score (nSPS) is 12.9. The number of benzene rings is 1. The molecule has 0 spiro atoms. The van der Waals surface area contributed by atoms with Crippen LogP contribution < -0.4 is 9.47 Å². The van der Waals surface area contributed by atoms with Gasteiger partial charge in [-0.1, -0.05) is 13.0 Å². The molecular formula is C26H27N7O4S. The van der Waals surface area contributed by atoms with Crippen LogP contribution in [0.25, 0.3) is 17.1 Å². The van der Waals surface area contributed by atoms with Gasteiger partial charge in [0.2, 0.25) is 0 Å². The summed E-state index contributed by atoms with van der Waals surface area (Å²) >= 11 is 0. The third kappa shape index (κ3) is 5.19. The minimum absolute atomic E-state index is 0.184. The summed E-state index contributed by atoms with van der Waals surface area (Å²) in [5, 5.41) is 16.8. The Morgan fingerprint density at radius 2 is 1.68 bits per heavy atom. The van der Waals surface area contributed by atoms with Gasteiger partial charge in [0.05, 0.1) is 25.0 Å². The number of sulfone groups is 1. The molecule has 0 aliphatic heterocycles. The van der Waals surface area contributed by atoms with Crippen LogP contribution in [0.15, 0.2) is 49.1 Å². The molecule has 0 fully saturated rings. The molecule has 0 radical (unpaired) electrons. The van der Waals surface area contributed by atoms with Gasteiger partial charge in [-0.05, 0) is 37.6 Å². The van der Waals surface area contributed by atoms with E-state index in [1.807, 2.05) is 19.1 Å². The van der Waals surface area contributed by atoms with Gasteiger partial charge < -0.3 is 9.47 Å². The van der Waals surface area contributed by atoms with Crippen LogP contribution in [0.1, 0.15) is 42.5 Å². The van der Waals surface area contributed by atoms with Crippen molar-refractivity contribution >= 4 is 9.84 Å². The Labute approximate surface area is 221 Å². The summed E-state index contributed by atoms with van der Waals surface area (Å²) in [5.41, 5.74) is 2.33. The summed E-state index contributed by atoms with van der Waals surface area (Å²) in [7, 11) is -0.744. The van der Waals surface area contributed by atoms with E-state index in [4.69, 9.17) is 14.7 Å². The molecule has 4 aromatic rings. The summed E-state index contributed by atoms with van der Waals surface area (Å²) in [5.74, 6) is 0.871. The monoisotopic (exact) mass is 533 g/mol. The number of pyridine rings is 1. The van der Waals surface area contributed by atoms with Crippen molar-refractivity contribution in [2.45, 2.75) is 37.7 Å². The molecule has 2 atom stereocenters. The Hall–Kier alpha value is -4.37. The van der Waals surface area contributed by atoms with E-state index >= 15 is 0 Å². The molecule has 0 saturated heterocycles. The fourth-order valence-electron chi connectivity index (χ4n) is 4.02. The molecule has 0 N–H and O–H groups in total. The standard InChI is InChI=1S/C26H27N7O4S/c1-16-9-20(14-28-11-16)26-32-31-23(33(26)24-21(36-4)7-6-8-22(24)37-5)15-38(34,35)18(3)17(2)25-29-12-19(10-27)13-30-25/h6-9,11-14,17-18H,15H2,1-5H3/t17-,18-/m0/s1. The van der Waals surface area contributed by atoms with Gasteiger partial charge in [0, 0.05) is 36.3 Å². The van der Waals surface area contributed by atoms with Crippen molar-refractivity contribution in [2.24, 2.45) is 0 Å². The van der Waals surface area contributed by atoms with Crippen LogP contribution in [0, 0.1) is 18.3 Å². The third-order valence-electron chi connectivity index (χ3n) is 6.30. The van der Waals surface area contributed by atoms with Crippen LogP contribution in [0.5, 0.6) is 11.5 Å². The lowest BCUT2D eigenvalue weighted by atomic mass is 10.1. The highest BCUT2D eigenvalue weighted by Crippen LogP contribution is 2.37. The molecule has 0 saturated carbocycles. The second-order valence-corrected chi connectivity index (χ2v) is 11.1. The number of aryl methyl sites for hydroxylation is 1. The van der Waals surface area contributed by atoms with Gasteiger partial charge in [0.1, 0.15) is 34.8 Å². The number of nitriles is 1. The highest BCUT2D eigenvalue weighted by molar-refractivity contribution is 7.91. The summed E-state index contributed by atoms with van der Waals surface area (Å²) in [6, 6.07) is 9.13. The summed E-state index contributed by atoms with van der Waals surface area (Å²) in [4.78, 5) is 12.6. The number of hydrogen-bond acceptors (Lipinski definition) is 10. The molecule has 3 aromatic heterocycles. The molecule has 12 heteroatoms. The highest BCUT2D eigenvalue weighted by Gasteiger charge is 2.33. The van der Waals surface area contributed by atoms with Crippen molar-refractivity contribution in [3.05, 3.63) is 71.8 Å². The van der Waals surface area contributed by atoms with Crippen LogP contribution in [-0.2, 0) is 15.6 Å². The predicted octanol–water partition coefficient (Wildman–Crippen LogP) is 3.42. The van der Waals surface area contributed by atoms with E-state index in [1.165, 1.54) is 26.6 Å². The van der Waals surface area contributed by atoms with E-state index < -0.39 is 26.8 Å². The molecule has 38 heavy (non-hydrogen) atoms. The number of rotatable bonds is 9. The topological polar surface area (TPSA) is 146 Å². The molecule has 0 aliphatic carbocycles. The molecular weight excluding hydrogens is 506 g/mol. The van der Waals surface area contributed by atoms with Gasteiger partial charge in [-0.3, -0.25) is 9.55 Å². The van der Waals surface area contributed by atoms with Crippen LogP contribution in [0.4, 0.5) is 0 Å². The molecule has 3 heterocycles. The van der Waals surface area contributed by atoms with Crippen molar-refractivity contribution in [1.29, 1.82) is 5.26 Å². The molecule has 0 bridgehead atoms. The largest absolute Gasteiger partial charge is 0.494 e. The second kappa shape index (κ2) is 10.9. The lowest BCUT2D eigenvalue weighted by molar-refractivity contribution is 0.390. The van der Waals surface area contributed by atoms with Crippen LogP contribution in [0.2, 0.25) is 0 Å². The first-order valence-corrected chi connectivity index (χ1v) is 13.4. The minimum atomic E-state index is -3.79. The average Bonchev–Trinajstić information content (AvgIpc) is 3.33. The lowest BCUT2D eigenvalue weighted by Gasteiger charge is -2.20. The van der Waals surface area contributed by atoms with Crippen LogP contribution in [0.3, 0.4) is 0 Å². The second-order valence-electron chi connectivity index (χ2n) is 8.78. The Kier molecular flexibility index (Phi) is 7.68. The van der Waals surface area contributed by atoms with E-state index in [1.54, 1.807) is 49.0 Å². The molecule has 0 unspecified atom stereocenters. The number of nitrogens with zero attached hydrogens (tertiary/aromatic N) is 7. The van der Waals surface area contributed by atoms with E-state index in [0.29, 0.717) is 40.0 Å². The fourth-order valence-corrected chi connectivity index (χ4v) is 5.58. The highest BCUT2D eigenvalue weighted by atomic mass is 32.2. The third-order valence-corrected chi connectivity index (χ3v) is 8.50. The number of methoxy groups -OCH3 is 2. The van der Waals surface area contributed by atoms with Crippen molar-refractivity contribution < 1.29 is 17.9 Å². The average molecular weight is 534 g/mol. The van der Waals surface area contributed by atoms with Crippen molar-refractivity contribution in [1.82, 2.24) is 29.7 Å². The summed E-state index contributed by atoms with van der Waals surface area (Å²) < 4.78 is 40.2. The zero-order valence-corrected chi connectivity index (χ0v) is 22.5. The molecule has 196 valence electrons. The molecule has 4 rings (SSSR count). The van der Waals surface area contributed by atoms with Crippen molar-refractivity contribution in [3.63, 3.8) is 0 Å². The first kappa shape index (κ1) is 26.7. The maximum atomic E-state index is 13.7. The van der Waals surface area contributed by atoms with E-state index in [0.717, 1.165) is 5.56 Å². The van der Waals surface area contributed by atoms with Gasteiger partial charge in [-0.25, -0.2) is 18.4 Å². The molecule has 1 aromatic carbocycles. The first-order chi connectivity index (χ1) is 18.2. The zero-order chi connectivity index (χ0) is 27.4. The quantitative estimate of drug-likeness (QED) is 0.313. The Morgan fingerprint density at radius 3 is 2.26 bits per heavy atom. The minimum Gasteiger partial charge on any atom is -0.494 e. The van der Waals surface area contributed by atoms with E-state index in [-0.39, 0.29) is 5.82 Å². The number of ether oxygens (including phenoxy) is 2. The van der Waals surface area contributed by atoms with Crippen molar-refractivity contribution in [3.8, 4) is 34.6 Å². The SMILES string of the molecule is COc1cccc(OC)c1-n1c(CS(=O)(=O)[C@@H](C)[C@H](C)c2ncc(C#N)cn2)nnc1-c1cncc(C)c1. The van der Waals surface area contributed by atoms with Gasteiger partial charge in [-0.2, -0.15) is 5.26 Å². The van der Waals surface area contributed by atoms with Gasteiger partial charge >= 0.3 is 0 Å². The number of para-hydroxylation sites is 1. The maximum absolute atomic E-state index is 13.7. The van der Waals surface area contributed by atoms with Gasteiger partial charge in [0.25, 0.3) is 0 Å². The molecule has 11 nitrogen and oxygen atoms in total. The Balaban J connectivity index is 1.82. The smallest absolute Gasteiger partial charge is 0.170 e. The Morgan fingerprint density at radius 1 is 1.03 bits per heavy atom. The van der Waals surface area contributed by atoms with Crippen molar-refractivity contribution in [2.75, 3.05) is 14.2 Å². The molecule has 0 amide bonds. The Bertz CT molecular complexity index is 1570. The first-order valence-electron chi connectivity index (χ1n) is 11.7. The summed E-state index contributed by atoms with van der Waals surface area (Å²) in [6.45, 7) is 5.25. The number of hydrogen-bond donors (Lipinski definition) is 0. The summed E-state index contributed by atoms with van der Waals surface area (Å²) in [6.07, 6.45) is 6.12. The van der Waals surface area contributed by atoms with Gasteiger partial charge in [-0.15, -0.1) is 10.2 Å². The van der Waals surface area contributed by atoms with Gasteiger partial charge in [0.15, 0.2) is 21.5 Å². The predicted molar refractivity (Wildman–Crippen MR) is 140 cm³/mol. The fraction of sp³-hybridized carbons (Fsp3) is 0.308.